The lowest BCUT2D eigenvalue weighted by molar-refractivity contribution is -0.136. The number of rotatable bonds is 15. The summed E-state index contributed by atoms with van der Waals surface area (Å²) in [6, 6.07) is 17.5. The van der Waals surface area contributed by atoms with Crippen molar-refractivity contribution in [1.82, 2.24) is 16.1 Å². The summed E-state index contributed by atoms with van der Waals surface area (Å²) < 4.78 is 23.6. The molecule has 0 saturated carbocycles. The summed E-state index contributed by atoms with van der Waals surface area (Å²) in [4.78, 5) is 24.6. The smallest absolute Gasteiger partial charge is 0.337 e. The fourth-order valence-electron chi connectivity index (χ4n) is 4.70. The first-order valence-electron chi connectivity index (χ1n) is 14.6. The van der Waals surface area contributed by atoms with Gasteiger partial charge in [0.25, 0.3) is 0 Å². The number of nitrogens with one attached hydrogen (secondary N) is 3. The first-order valence-corrected chi connectivity index (χ1v) is 15.4. The van der Waals surface area contributed by atoms with Crippen molar-refractivity contribution in [2.45, 2.75) is 39.1 Å². The number of ether oxygens (including phenoxy) is 4. The molecule has 1 heterocycles. The van der Waals surface area contributed by atoms with Gasteiger partial charge in [0.15, 0.2) is 17.7 Å². The lowest BCUT2D eigenvalue weighted by Gasteiger charge is -2.28. The highest BCUT2D eigenvalue weighted by atomic mass is 79.9. The SMILES string of the molecule is C=CCc1cc(/C=N\N[C@@H](O)COc2ccc([C@@H]3NC(=O)NC(C)=C3C(=O)OC)cc2OCC)ccc1OCc1ccc(Br)cc1. The maximum Gasteiger partial charge on any atom is 0.337 e. The maximum atomic E-state index is 12.5. The quantitative estimate of drug-likeness (QED) is 0.0555. The van der Waals surface area contributed by atoms with E-state index in [-0.39, 0.29) is 12.2 Å². The van der Waals surface area contributed by atoms with Crippen LogP contribution in [-0.2, 0) is 22.6 Å². The van der Waals surface area contributed by atoms with Gasteiger partial charge in [-0.25, -0.2) is 9.59 Å². The summed E-state index contributed by atoms with van der Waals surface area (Å²) in [5, 5.41) is 20.0. The van der Waals surface area contributed by atoms with Crippen molar-refractivity contribution in [3.63, 3.8) is 0 Å². The van der Waals surface area contributed by atoms with Gasteiger partial charge in [-0.3, -0.25) is 5.43 Å². The number of carbonyl (C=O) groups is 2. The molecule has 0 fully saturated rings. The Bertz CT molecular complexity index is 1610. The Kier molecular flexibility index (Phi) is 12.2. The lowest BCUT2D eigenvalue weighted by Crippen LogP contribution is -2.45. The van der Waals surface area contributed by atoms with E-state index < -0.39 is 24.3 Å². The van der Waals surface area contributed by atoms with Crippen LogP contribution in [0.3, 0.4) is 0 Å². The zero-order valence-electron chi connectivity index (χ0n) is 25.8. The molecule has 11 nitrogen and oxygen atoms in total. The number of amides is 2. The van der Waals surface area contributed by atoms with Gasteiger partial charge in [-0.15, -0.1) is 6.58 Å². The van der Waals surface area contributed by atoms with Gasteiger partial charge in [0.2, 0.25) is 0 Å². The molecule has 3 aromatic carbocycles. The number of hydrogen-bond acceptors (Lipinski definition) is 9. The van der Waals surface area contributed by atoms with E-state index in [0.29, 0.717) is 42.4 Å². The summed E-state index contributed by atoms with van der Waals surface area (Å²) in [5.74, 6) is 0.931. The Morgan fingerprint density at radius 1 is 1.09 bits per heavy atom. The van der Waals surface area contributed by atoms with Crippen LogP contribution in [0.15, 0.2) is 94.2 Å². The standard InChI is InChI=1S/C34H37BrN4O7/c1-5-7-24-16-23(10-14-27(24)45-19-22-8-12-26(35)13-9-22)18-36-39-30(40)20-46-28-15-11-25(17-29(28)44-6-2)32-31(33(41)43-4)21(3)37-34(42)38-32/h5,8-18,30,32,39-40H,1,6-7,19-20H2,2-4H3,(H2,37,38,42)/b36-18-/t30-,32-/m0/s1. The van der Waals surface area contributed by atoms with E-state index in [1.54, 1.807) is 31.3 Å². The molecule has 242 valence electrons. The molecule has 3 aromatic rings. The molecule has 1 aliphatic rings. The molecular weight excluding hydrogens is 656 g/mol. The second-order valence-electron chi connectivity index (χ2n) is 10.2. The number of aliphatic hydroxyl groups excluding tert-OH is 1. The molecule has 4 N–H and O–H groups in total. The number of nitrogens with zero attached hydrogens (tertiary/aromatic N) is 1. The first-order chi connectivity index (χ1) is 22.2. The Morgan fingerprint density at radius 2 is 1.85 bits per heavy atom. The number of esters is 1. The van der Waals surface area contributed by atoms with Crippen molar-refractivity contribution < 1.29 is 33.6 Å². The minimum absolute atomic E-state index is 0.141. The second kappa shape index (κ2) is 16.5. The van der Waals surface area contributed by atoms with Crippen LogP contribution >= 0.6 is 15.9 Å². The maximum absolute atomic E-state index is 12.5. The molecule has 2 atom stereocenters. The van der Waals surface area contributed by atoms with Gasteiger partial charge < -0.3 is 34.7 Å². The number of hydrogen-bond donors (Lipinski definition) is 4. The van der Waals surface area contributed by atoms with E-state index in [4.69, 9.17) is 18.9 Å². The number of allylic oxidation sites excluding steroid dienone is 2. The zero-order valence-corrected chi connectivity index (χ0v) is 27.4. The number of urea groups is 1. The Labute approximate surface area is 276 Å². The van der Waals surface area contributed by atoms with Crippen LogP contribution in [0.1, 0.15) is 42.1 Å². The fraction of sp³-hybridized carbons (Fsp3) is 0.265. The predicted octanol–water partition coefficient (Wildman–Crippen LogP) is 5.28. The number of halogens is 1. The third-order valence-electron chi connectivity index (χ3n) is 6.87. The third-order valence-corrected chi connectivity index (χ3v) is 7.39. The summed E-state index contributed by atoms with van der Waals surface area (Å²) in [7, 11) is 1.28. The molecule has 12 heteroatoms. The van der Waals surface area contributed by atoms with E-state index in [1.807, 2.05) is 55.5 Å². The highest BCUT2D eigenvalue weighted by molar-refractivity contribution is 9.10. The predicted molar refractivity (Wildman–Crippen MR) is 178 cm³/mol. The third kappa shape index (κ3) is 9.11. The Morgan fingerprint density at radius 3 is 2.57 bits per heavy atom. The number of methoxy groups -OCH3 is 1. The average Bonchev–Trinajstić information content (AvgIpc) is 3.04. The van der Waals surface area contributed by atoms with Gasteiger partial charge in [0.05, 0.1) is 31.5 Å². The minimum atomic E-state index is -1.13. The largest absolute Gasteiger partial charge is 0.490 e. The molecule has 0 radical (unpaired) electrons. The highest BCUT2D eigenvalue weighted by Crippen LogP contribution is 2.35. The van der Waals surface area contributed by atoms with Crippen molar-refractivity contribution in [3.05, 3.63) is 111 Å². The zero-order chi connectivity index (χ0) is 33.1. The van der Waals surface area contributed by atoms with Crippen molar-refractivity contribution >= 4 is 34.1 Å². The van der Waals surface area contributed by atoms with Crippen molar-refractivity contribution in [2.75, 3.05) is 20.3 Å². The summed E-state index contributed by atoms with van der Waals surface area (Å²) >= 11 is 3.44. The monoisotopic (exact) mass is 692 g/mol. The molecule has 1 aliphatic heterocycles. The summed E-state index contributed by atoms with van der Waals surface area (Å²) in [6.07, 6.45) is 2.89. The molecule has 4 rings (SSSR count). The van der Waals surface area contributed by atoms with Gasteiger partial charge in [0, 0.05) is 10.2 Å². The summed E-state index contributed by atoms with van der Waals surface area (Å²) in [6.45, 7) is 7.93. The molecule has 0 bridgehead atoms. The van der Waals surface area contributed by atoms with Crippen LogP contribution in [0.4, 0.5) is 4.79 Å². The van der Waals surface area contributed by atoms with Crippen molar-refractivity contribution in [3.8, 4) is 17.2 Å². The fourth-order valence-corrected chi connectivity index (χ4v) is 4.96. The lowest BCUT2D eigenvalue weighted by atomic mass is 9.95. The molecule has 0 aromatic heterocycles. The van der Waals surface area contributed by atoms with Crippen LogP contribution in [0.5, 0.6) is 17.2 Å². The normalized spacial score (nSPS) is 15.1. The average molecular weight is 694 g/mol. The molecule has 0 spiro atoms. The Balaban J connectivity index is 1.37. The number of benzene rings is 3. The van der Waals surface area contributed by atoms with Crippen LogP contribution in [0.2, 0.25) is 0 Å². The van der Waals surface area contributed by atoms with Crippen LogP contribution in [0.25, 0.3) is 0 Å². The summed E-state index contributed by atoms with van der Waals surface area (Å²) in [5.41, 5.74) is 6.74. The molecule has 46 heavy (non-hydrogen) atoms. The van der Waals surface area contributed by atoms with E-state index >= 15 is 0 Å². The topological polar surface area (TPSA) is 140 Å². The first kappa shape index (κ1) is 34.1. The molecule has 0 aliphatic carbocycles. The Hall–Kier alpha value is -4.81. The van der Waals surface area contributed by atoms with Gasteiger partial charge in [-0.1, -0.05) is 40.2 Å². The van der Waals surface area contributed by atoms with Crippen LogP contribution < -0.4 is 30.3 Å². The van der Waals surface area contributed by atoms with E-state index in [0.717, 1.165) is 26.9 Å². The minimum Gasteiger partial charge on any atom is -0.490 e. The number of aliphatic hydroxyl groups is 1. The molecular formula is C34H37BrN4O7. The van der Waals surface area contributed by atoms with Crippen LogP contribution in [0, 0.1) is 0 Å². The van der Waals surface area contributed by atoms with E-state index in [1.165, 1.54) is 7.11 Å². The molecule has 2 amide bonds. The number of carbonyl (C=O) groups excluding carboxylic acids is 2. The van der Waals surface area contributed by atoms with Crippen molar-refractivity contribution in [2.24, 2.45) is 5.10 Å². The van der Waals surface area contributed by atoms with Crippen LogP contribution in [-0.4, -0.2) is 49.9 Å². The van der Waals surface area contributed by atoms with Gasteiger partial charge >= 0.3 is 12.0 Å². The number of hydrazone groups is 1. The highest BCUT2D eigenvalue weighted by Gasteiger charge is 2.32. The van der Waals surface area contributed by atoms with Crippen molar-refractivity contribution in [1.29, 1.82) is 0 Å². The second-order valence-corrected chi connectivity index (χ2v) is 11.1. The molecule has 0 saturated heterocycles. The van der Waals surface area contributed by atoms with E-state index in [2.05, 4.69) is 43.7 Å². The molecule has 0 unspecified atom stereocenters. The van der Waals surface area contributed by atoms with E-state index in [9.17, 15) is 14.7 Å². The van der Waals surface area contributed by atoms with Gasteiger partial charge in [-0.05, 0) is 85.0 Å². The van der Waals surface area contributed by atoms with Gasteiger partial charge in [0.1, 0.15) is 19.0 Å². The van der Waals surface area contributed by atoms with Gasteiger partial charge in [-0.2, -0.15) is 5.10 Å².